The number of benzene rings is 1. The van der Waals surface area contributed by atoms with Gasteiger partial charge in [-0.2, -0.15) is 0 Å². The lowest BCUT2D eigenvalue weighted by molar-refractivity contribution is -0.124. The molecule has 0 bridgehead atoms. The lowest BCUT2D eigenvalue weighted by Gasteiger charge is -2.23. The summed E-state index contributed by atoms with van der Waals surface area (Å²) >= 11 is 6.26. The van der Waals surface area contributed by atoms with Crippen molar-refractivity contribution in [1.82, 2.24) is 10.6 Å². The Kier molecular flexibility index (Phi) is 4.51. The molecule has 0 aromatic heterocycles. The van der Waals surface area contributed by atoms with E-state index in [1.54, 1.807) is 0 Å². The van der Waals surface area contributed by atoms with E-state index in [1.165, 1.54) is 0 Å². The molecule has 2 N–H and O–H groups in total. The molecule has 1 saturated heterocycles. The molecule has 3 rings (SSSR count). The molecule has 0 aliphatic carbocycles. The lowest BCUT2D eigenvalue weighted by atomic mass is 10.1. The van der Waals surface area contributed by atoms with Gasteiger partial charge in [0.25, 0.3) is 0 Å². The minimum absolute atomic E-state index is 0.0710. The smallest absolute Gasteiger partial charge is 0.237 e. The Morgan fingerprint density at radius 2 is 2.14 bits per heavy atom. The fourth-order valence-electron chi connectivity index (χ4n) is 2.59. The van der Waals surface area contributed by atoms with Crippen LogP contribution in [-0.2, 0) is 11.3 Å². The van der Waals surface area contributed by atoms with E-state index in [-0.39, 0.29) is 11.9 Å². The second-order valence-corrected chi connectivity index (χ2v) is 5.73. The Hall–Kier alpha value is -1.46. The molecule has 1 fully saturated rings. The normalized spacial score (nSPS) is 21.6. The average Bonchev–Trinajstić information content (AvgIpc) is 2.72. The van der Waals surface area contributed by atoms with Gasteiger partial charge in [-0.1, -0.05) is 11.6 Å². The molecule has 2 aliphatic heterocycles. The van der Waals surface area contributed by atoms with Crippen LogP contribution in [0.25, 0.3) is 0 Å². The standard InChI is InChI=1S/C15H19ClN2O3/c16-11-7-10(8-13-14(11)21-6-2-5-20-13)9-18-12-3-1-4-17-15(12)19/h7-8,12,18H,1-6,9H2,(H,17,19). The van der Waals surface area contributed by atoms with E-state index in [1.807, 2.05) is 12.1 Å². The maximum absolute atomic E-state index is 11.7. The van der Waals surface area contributed by atoms with E-state index in [0.717, 1.165) is 31.4 Å². The van der Waals surface area contributed by atoms with E-state index in [9.17, 15) is 4.79 Å². The number of fused-ring (bicyclic) bond motifs is 1. The van der Waals surface area contributed by atoms with Gasteiger partial charge in [-0.3, -0.25) is 4.79 Å². The summed E-state index contributed by atoms with van der Waals surface area (Å²) in [6.07, 6.45) is 2.72. The predicted octanol–water partition coefficient (Wildman–Crippen LogP) is 1.87. The van der Waals surface area contributed by atoms with Gasteiger partial charge in [-0.15, -0.1) is 0 Å². The van der Waals surface area contributed by atoms with Gasteiger partial charge in [-0.25, -0.2) is 0 Å². The number of nitrogens with one attached hydrogen (secondary N) is 2. The van der Waals surface area contributed by atoms with Crippen LogP contribution in [0.2, 0.25) is 5.02 Å². The summed E-state index contributed by atoms with van der Waals surface area (Å²) in [4.78, 5) is 11.7. The highest BCUT2D eigenvalue weighted by atomic mass is 35.5. The summed E-state index contributed by atoms with van der Waals surface area (Å²) in [5.74, 6) is 1.37. The maximum atomic E-state index is 11.7. The van der Waals surface area contributed by atoms with Crippen LogP contribution in [-0.4, -0.2) is 31.7 Å². The van der Waals surface area contributed by atoms with Crippen molar-refractivity contribution in [1.29, 1.82) is 0 Å². The zero-order valence-corrected chi connectivity index (χ0v) is 12.5. The predicted molar refractivity (Wildman–Crippen MR) is 79.9 cm³/mol. The maximum Gasteiger partial charge on any atom is 0.237 e. The van der Waals surface area contributed by atoms with Crippen molar-refractivity contribution >= 4 is 17.5 Å². The highest BCUT2D eigenvalue weighted by Crippen LogP contribution is 2.37. The summed E-state index contributed by atoms with van der Waals surface area (Å²) in [5.41, 5.74) is 0.989. The van der Waals surface area contributed by atoms with Crippen molar-refractivity contribution in [3.05, 3.63) is 22.7 Å². The molecular weight excluding hydrogens is 292 g/mol. The number of halogens is 1. The minimum Gasteiger partial charge on any atom is -0.489 e. The third kappa shape index (κ3) is 3.41. The van der Waals surface area contributed by atoms with Gasteiger partial charge in [0.1, 0.15) is 0 Å². The van der Waals surface area contributed by atoms with Gasteiger partial charge < -0.3 is 20.1 Å². The number of carbonyl (C=O) groups excluding carboxylic acids is 1. The Balaban J connectivity index is 1.69. The molecule has 0 radical (unpaired) electrons. The van der Waals surface area contributed by atoms with Crippen LogP contribution in [0.1, 0.15) is 24.8 Å². The minimum atomic E-state index is -0.131. The van der Waals surface area contributed by atoms with E-state index < -0.39 is 0 Å². The molecule has 1 aromatic rings. The fourth-order valence-corrected chi connectivity index (χ4v) is 2.88. The second-order valence-electron chi connectivity index (χ2n) is 5.32. The quantitative estimate of drug-likeness (QED) is 0.895. The Labute approximate surface area is 128 Å². The third-order valence-corrected chi connectivity index (χ3v) is 3.98. The second kappa shape index (κ2) is 6.54. The van der Waals surface area contributed by atoms with Crippen LogP contribution in [0.4, 0.5) is 0 Å². The number of ether oxygens (including phenoxy) is 2. The number of carbonyl (C=O) groups is 1. The fraction of sp³-hybridized carbons (Fsp3) is 0.533. The van der Waals surface area contributed by atoms with E-state index in [2.05, 4.69) is 10.6 Å². The van der Waals surface area contributed by atoms with Crippen molar-refractivity contribution in [3.63, 3.8) is 0 Å². The van der Waals surface area contributed by atoms with Gasteiger partial charge in [0.2, 0.25) is 5.91 Å². The van der Waals surface area contributed by atoms with Crippen molar-refractivity contribution in [3.8, 4) is 11.5 Å². The third-order valence-electron chi connectivity index (χ3n) is 3.70. The molecule has 2 heterocycles. The number of amides is 1. The first-order valence-electron chi connectivity index (χ1n) is 7.33. The molecule has 114 valence electrons. The Bertz CT molecular complexity index is 536. The topological polar surface area (TPSA) is 59.6 Å². The molecule has 1 aromatic carbocycles. The molecule has 0 spiro atoms. The van der Waals surface area contributed by atoms with Crippen LogP contribution in [0.5, 0.6) is 11.5 Å². The molecule has 21 heavy (non-hydrogen) atoms. The molecule has 1 amide bonds. The average molecular weight is 311 g/mol. The molecule has 1 atom stereocenters. The van der Waals surface area contributed by atoms with Crippen molar-refractivity contribution in [2.45, 2.75) is 31.8 Å². The molecule has 0 saturated carbocycles. The summed E-state index contributed by atoms with van der Waals surface area (Å²) in [5, 5.41) is 6.69. The SMILES string of the molecule is O=C1NCCCC1NCc1cc(Cl)c2c(c1)OCCCO2. The molecular formula is C15H19ClN2O3. The first-order chi connectivity index (χ1) is 10.2. The number of hydrogen-bond acceptors (Lipinski definition) is 4. The largest absolute Gasteiger partial charge is 0.489 e. The summed E-state index contributed by atoms with van der Waals surface area (Å²) < 4.78 is 11.3. The first kappa shape index (κ1) is 14.5. The summed E-state index contributed by atoms with van der Waals surface area (Å²) in [6, 6.07) is 3.66. The number of piperidine rings is 1. The highest BCUT2D eigenvalue weighted by molar-refractivity contribution is 6.32. The Morgan fingerprint density at radius 3 is 3.00 bits per heavy atom. The molecule has 5 nitrogen and oxygen atoms in total. The summed E-state index contributed by atoms with van der Waals surface area (Å²) in [6.45, 7) is 2.60. The lowest BCUT2D eigenvalue weighted by Crippen LogP contribution is -2.47. The van der Waals surface area contributed by atoms with Crippen LogP contribution in [0.15, 0.2) is 12.1 Å². The van der Waals surface area contributed by atoms with Gasteiger partial charge >= 0.3 is 0 Å². The zero-order valence-electron chi connectivity index (χ0n) is 11.8. The first-order valence-corrected chi connectivity index (χ1v) is 7.71. The summed E-state index contributed by atoms with van der Waals surface area (Å²) in [7, 11) is 0. The van der Waals surface area contributed by atoms with Crippen LogP contribution < -0.4 is 20.1 Å². The number of rotatable bonds is 3. The van der Waals surface area contributed by atoms with Crippen molar-refractivity contribution in [2.24, 2.45) is 0 Å². The van der Waals surface area contributed by atoms with Gasteiger partial charge in [0, 0.05) is 19.5 Å². The molecule has 1 unspecified atom stereocenters. The molecule has 2 aliphatic rings. The van der Waals surface area contributed by atoms with Crippen LogP contribution in [0.3, 0.4) is 0 Å². The molecule has 6 heteroatoms. The van der Waals surface area contributed by atoms with Crippen LogP contribution >= 0.6 is 11.6 Å². The zero-order chi connectivity index (χ0) is 14.7. The van der Waals surface area contributed by atoms with Crippen LogP contribution in [0, 0.1) is 0 Å². The van der Waals surface area contributed by atoms with Gasteiger partial charge in [0.15, 0.2) is 11.5 Å². The van der Waals surface area contributed by atoms with E-state index in [4.69, 9.17) is 21.1 Å². The Morgan fingerprint density at radius 1 is 1.29 bits per heavy atom. The highest BCUT2D eigenvalue weighted by Gasteiger charge is 2.22. The van der Waals surface area contributed by atoms with Gasteiger partial charge in [-0.05, 0) is 30.5 Å². The van der Waals surface area contributed by atoms with Crippen molar-refractivity contribution in [2.75, 3.05) is 19.8 Å². The van der Waals surface area contributed by atoms with E-state index in [0.29, 0.717) is 36.3 Å². The van der Waals surface area contributed by atoms with Crippen molar-refractivity contribution < 1.29 is 14.3 Å². The van der Waals surface area contributed by atoms with E-state index >= 15 is 0 Å². The number of hydrogen-bond donors (Lipinski definition) is 2. The van der Waals surface area contributed by atoms with Gasteiger partial charge in [0.05, 0.1) is 24.3 Å². The monoisotopic (exact) mass is 310 g/mol.